The van der Waals surface area contributed by atoms with Crippen molar-refractivity contribution >= 4 is 41.3 Å². The highest BCUT2D eigenvalue weighted by Crippen LogP contribution is 2.28. The summed E-state index contributed by atoms with van der Waals surface area (Å²) in [6.45, 7) is 8.72. The Morgan fingerprint density at radius 1 is 1.15 bits per heavy atom. The summed E-state index contributed by atoms with van der Waals surface area (Å²) >= 11 is 1.65. The molecule has 0 aliphatic rings. The van der Waals surface area contributed by atoms with Crippen LogP contribution in [0.2, 0.25) is 0 Å². The van der Waals surface area contributed by atoms with Crippen molar-refractivity contribution in [3.05, 3.63) is 39.8 Å². The van der Waals surface area contributed by atoms with Crippen LogP contribution in [0.15, 0.2) is 28.7 Å². The number of benzene rings is 1. The van der Waals surface area contributed by atoms with Crippen molar-refractivity contribution < 1.29 is 9.47 Å². The summed E-state index contributed by atoms with van der Waals surface area (Å²) in [5.41, 5.74) is 4.12. The molecule has 0 radical (unpaired) electrons. The monoisotopic (exact) mass is 504 g/mol. The molecule has 27 heavy (non-hydrogen) atoms. The number of aryl methyl sites for hydroxylation is 1. The van der Waals surface area contributed by atoms with Crippen molar-refractivity contribution in [3.8, 4) is 11.5 Å². The van der Waals surface area contributed by atoms with Gasteiger partial charge in [0.05, 0.1) is 31.0 Å². The van der Waals surface area contributed by atoms with Crippen LogP contribution < -0.4 is 20.1 Å². The molecule has 0 atom stereocenters. The van der Waals surface area contributed by atoms with Crippen molar-refractivity contribution in [1.82, 2.24) is 15.6 Å². The first-order valence-corrected chi connectivity index (χ1v) is 9.77. The fourth-order valence-electron chi connectivity index (χ4n) is 2.46. The molecule has 6 nitrogen and oxygen atoms in total. The van der Waals surface area contributed by atoms with Gasteiger partial charge in [0.2, 0.25) is 0 Å². The summed E-state index contributed by atoms with van der Waals surface area (Å²) in [5.74, 6) is 2.38. The number of nitrogens with one attached hydrogen (secondary N) is 2. The number of rotatable bonds is 9. The Kier molecular flexibility index (Phi) is 11.1. The molecule has 1 heterocycles. The molecule has 0 saturated carbocycles. The molecule has 2 rings (SSSR count). The number of guanidine groups is 1. The van der Waals surface area contributed by atoms with Gasteiger partial charge in [0.15, 0.2) is 17.5 Å². The highest BCUT2D eigenvalue weighted by molar-refractivity contribution is 14.0. The molecule has 0 fully saturated rings. The number of ether oxygens (including phenoxy) is 2. The average molecular weight is 504 g/mol. The molecule has 1 aromatic heterocycles. The van der Waals surface area contributed by atoms with E-state index in [0.29, 0.717) is 13.2 Å². The fourth-order valence-corrected chi connectivity index (χ4v) is 3.17. The van der Waals surface area contributed by atoms with Crippen LogP contribution in [0.25, 0.3) is 0 Å². The zero-order valence-electron chi connectivity index (χ0n) is 16.4. The smallest absolute Gasteiger partial charge is 0.191 e. The number of hydrogen-bond donors (Lipinski definition) is 2. The van der Waals surface area contributed by atoms with Crippen LogP contribution in [0.3, 0.4) is 0 Å². The van der Waals surface area contributed by atoms with E-state index < -0.39 is 0 Å². The first-order chi connectivity index (χ1) is 12.7. The zero-order chi connectivity index (χ0) is 18.8. The Balaban J connectivity index is 0.00000364. The standard InChI is InChI=1S/C19H28N4O2S.HI/c1-5-24-16-8-7-15(11-17(16)25-6-2)9-10-21-19(20-4)22-12-18-14(3)23-13-26-18;/h7-8,11,13H,5-6,9-10,12H2,1-4H3,(H2,20,21,22);1H. The van der Waals surface area contributed by atoms with Crippen molar-refractivity contribution in [1.29, 1.82) is 0 Å². The molecule has 2 aromatic rings. The molecule has 2 N–H and O–H groups in total. The normalized spacial score (nSPS) is 10.9. The van der Waals surface area contributed by atoms with Gasteiger partial charge < -0.3 is 20.1 Å². The third-order valence-electron chi connectivity index (χ3n) is 3.80. The number of nitrogens with zero attached hydrogens (tertiary/aromatic N) is 2. The summed E-state index contributed by atoms with van der Waals surface area (Å²) in [6.07, 6.45) is 0.868. The molecule has 0 bridgehead atoms. The molecule has 0 aliphatic heterocycles. The molecule has 1 aromatic carbocycles. The van der Waals surface area contributed by atoms with E-state index >= 15 is 0 Å². The van der Waals surface area contributed by atoms with Gasteiger partial charge in [-0.3, -0.25) is 4.99 Å². The third-order valence-corrected chi connectivity index (χ3v) is 4.73. The zero-order valence-corrected chi connectivity index (χ0v) is 19.5. The molecule has 0 spiro atoms. The second kappa shape index (κ2) is 12.8. The average Bonchev–Trinajstić information content (AvgIpc) is 3.05. The topological polar surface area (TPSA) is 67.8 Å². The maximum absolute atomic E-state index is 5.68. The SMILES string of the molecule is CCOc1ccc(CCNC(=NC)NCc2scnc2C)cc1OCC.I. The Morgan fingerprint density at radius 2 is 1.89 bits per heavy atom. The summed E-state index contributed by atoms with van der Waals surface area (Å²) in [4.78, 5) is 9.75. The molecular weight excluding hydrogens is 475 g/mol. The van der Waals surface area contributed by atoms with Crippen LogP contribution in [-0.4, -0.2) is 37.7 Å². The summed E-state index contributed by atoms with van der Waals surface area (Å²) in [5, 5.41) is 6.66. The van der Waals surface area contributed by atoms with E-state index in [1.807, 2.05) is 38.4 Å². The van der Waals surface area contributed by atoms with E-state index in [-0.39, 0.29) is 24.0 Å². The lowest BCUT2D eigenvalue weighted by Gasteiger charge is -2.14. The van der Waals surface area contributed by atoms with Gasteiger partial charge in [0.1, 0.15) is 0 Å². The number of halogens is 1. The first-order valence-electron chi connectivity index (χ1n) is 8.89. The van der Waals surface area contributed by atoms with Crippen molar-refractivity contribution in [2.75, 3.05) is 26.8 Å². The molecule has 0 amide bonds. The number of aliphatic imine (C=N–C) groups is 1. The Labute approximate surface area is 182 Å². The minimum absolute atomic E-state index is 0. The van der Waals surface area contributed by atoms with Gasteiger partial charge in [0, 0.05) is 18.5 Å². The lowest BCUT2D eigenvalue weighted by molar-refractivity contribution is 0.287. The van der Waals surface area contributed by atoms with Gasteiger partial charge in [-0.25, -0.2) is 4.98 Å². The van der Waals surface area contributed by atoms with Gasteiger partial charge in [-0.2, -0.15) is 0 Å². The number of thiazole rings is 1. The van der Waals surface area contributed by atoms with Crippen LogP contribution >= 0.6 is 35.3 Å². The van der Waals surface area contributed by atoms with Crippen LogP contribution in [0, 0.1) is 6.92 Å². The van der Waals surface area contributed by atoms with Crippen molar-refractivity contribution in [2.24, 2.45) is 4.99 Å². The lowest BCUT2D eigenvalue weighted by Crippen LogP contribution is -2.37. The van der Waals surface area contributed by atoms with E-state index in [0.717, 1.165) is 42.7 Å². The number of hydrogen-bond acceptors (Lipinski definition) is 5. The van der Waals surface area contributed by atoms with E-state index in [1.54, 1.807) is 18.4 Å². The van der Waals surface area contributed by atoms with Crippen molar-refractivity contribution in [2.45, 2.75) is 33.7 Å². The van der Waals surface area contributed by atoms with Gasteiger partial charge in [-0.15, -0.1) is 35.3 Å². The van der Waals surface area contributed by atoms with E-state index in [1.165, 1.54) is 10.4 Å². The molecule has 0 unspecified atom stereocenters. The Morgan fingerprint density at radius 3 is 2.52 bits per heavy atom. The summed E-state index contributed by atoms with van der Waals surface area (Å²) < 4.78 is 11.3. The predicted octanol–water partition coefficient (Wildman–Crippen LogP) is 3.77. The fraction of sp³-hybridized carbons (Fsp3) is 0.474. The van der Waals surface area contributed by atoms with Crippen LogP contribution in [0.4, 0.5) is 0 Å². The molecule has 0 aliphatic carbocycles. The van der Waals surface area contributed by atoms with Gasteiger partial charge in [0.25, 0.3) is 0 Å². The summed E-state index contributed by atoms with van der Waals surface area (Å²) in [6, 6.07) is 6.10. The molecule has 8 heteroatoms. The largest absolute Gasteiger partial charge is 0.490 e. The van der Waals surface area contributed by atoms with Crippen LogP contribution in [0.5, 0.6) is 11.5 Å². The highest BCUT2D eigenvalue weighted by atomic mass is 127. The van der Waals surface area contributed by atoms with Gasteiger partial charge in [-0.05, 0) is 44.9 Å². The maximum Gasteiger partial charge on any atom is 0.191 e. The first kappa shape index (κ1) is 23.5. The van der Waals surface area contributed by atoms with E-state index in [2.05, 4.69) is 26.7 Å². The molecular formula is C19H29IN4O2S. The second-order valence-corrected chi connectivity index (χ2v) is 6.55. The quantitative estimate of drug-likeness (QED) is 0.309. The van der Waals surface area contributed by atoms with Crippen LogP contribution in [-0.2, 0) is 13.0 Å². The minimum Gasteiger partial charge on any atom is -0.490 e. The van der Waals surface area contributed by atoms with Gasteiger partial charge in [-0.1, -0.05) is 6.07 Å². The number of aromatic nitrogens is 1. The third kappa shape index (κ3) is 7.53. The summed E-state index contributed by atoms with van der Waals surface area (Å²) in [7, 11) is 1.78. The van der Waals surface area contributed by atoms with E-state index in [9.17, 15) is 0 Å². The Bertz CT molecular complexity index is 721. The van der Waals surface area contributed by atoms with Crippen molar-refractivity contribution in [3.63, 3.8) is 0 Å². The van der Waals surface area contributed by atoms with Crippen LogP contribution in [0.1, 0.15) is 30.0 Å². The van der Waals surface area contributed by atoms with E-state index in [4.69, 9.17) is 9.47 Å². The Hall–Kier alpha value is -1.55. The van der Waals surface area contributed by atoms with Gasteiger partial charge >= 0.3 is 0 Å². The minimum atomic E-state index is 0. The second-order valence-electron chi connectivity index (χ2n) is 5.61. The maximum atomic E-state index is 5.68. The highest BCUT2D eigenvalue weighted by Gasteiger charge is 2.07. The molecule has 0 saturated heterocycles. The molecule has 150 valence electrons. The lowest BCUT2D eigenvalue weighted by atomic mass is 10.1. The predicted molar refractivity (Wildman–Crippen MR) is 123 cm³/mol.